The second-order valence-electron chi connectivity index (χ2n) is 7.32. The maximum atomic E-state index is 5.66. The van der Waals surface area contributed by atoms with Gasteiger partial charge in [-0.3, -0.25) is 0 Å². The van der Waals surface area contributed by atoms with Crippen LogP contribution in [0, 0.1) is 0 Å². The van der Waals surface area contributed by atoms with Crippen LogP contribution in [0.2, 0.25) is 11.1 Å². The fourth-order valence-electron chi connectivity index (χ4n) is 4.60. The molecule has 4 unspecified atom stereocenters. The molecule has 0 aromatic rings. The predicted molar refractivity (Wildman–Crippen MR) is 94.9 cm³/mol. The first-order valence-electron chi connectivity index (χ1n) is 8.39. The molecule has 0 aromatic heterocycles. The van der Waals surface area contributed by atoms with Crippen molar-refractivity contribution in [1.82, 2.24) is 4.90 Å². The van der Waals surface area contributed by atoms with Crippen LogP contribution in [-0.2, 0) is 0 Å². The lowest BCUT2D eigenvalue weighted by Crippen LogP contribution is -2.44. The lowest BCUT2D eigenvalue weighted by atomic mass is 9.29. The molecule has 0 N–H and O–H groups in total. The van der Waals surface area contributed by atoms with Gasteiger partial charge < -0.3 is 4.90 Å². The molecule has 20 heavy (non-hydrogen) atoms. The summed E-state index contributed by atoms with van der Waals surface area (Å²) in [6.07, 6.45) is 9.72. The number of nitrogens with zero attached hydrogens (tertiary/aromatic N) is 1. The molecule has 1 radical (unpaired) electrons. The van der Waals surface area contributed by atoms with E-state index in [4.69, 9.17) is 12.2 Å². The zero-order chi connectivity index (χ0) is 14.3. The molecule has 4 fully saturated rings. The van der Waals surface area contributed by atoms with Gasteiger partial charge in [0.15, 0.2) is 0 Å². The Kier molecular flexibility index (Phi) is 4.44. The average Bonchev–Trinajstić information content (AvgIpc) is 2.67. The van der Waals surface area contributed by atoms with Gasteiger partial charge in [0.2, 0.25) is 0 Å². The Bertz CT molecular complexity index is 379. The van der Waals surface area contributed by atoms with Gasteiger partial charge in [-0.25, -0.2) is 0 Å². The maximum Gasteiger partial charge on any atom is 0.137 e. The van der Waals surface area contributed by atoms with Crippen LogP contribution in [0.1, 0.15) is 65.7 Å². The van der Waals surface area contributed by atoms with E-state index in [0.29, 0.717) is 17.4 Å². The Balaban J connectivity index is 1.73. The minimum atomic E-state index is 0.563. The van der Waals surface area contributed by atoms with E-state index in [1.807, 2.05) is 11.8 Å². The molecule has 1 aliphatic carbocycles. The van der Waals surface area contributed by atoms with E-state index in [9.17, 15) is 0 Å². The summed E-state index contributed by atoms with van der Waals surface area (Å²) in [5.41, 5.74) is 0. The van der Waals surface area contributed by atoms with Crippen LogP contribution in [0.15, 0.2) is 0 Å². The third-order valence-corrected chi connectivity index (χ3v) is 7.45. The number of fused-ring (bicyclic) bond motifs is 3. The highest BCUT2D eigenvalue weighted by molar-refractivity contribution is 8.23. The molecule has 111 valence electrons. The lowest BCUT2D eigenvalue weighted by Gasteiger charge is -2.49. The van der Waals surface area contributed by atoms with Gasteiger partial charge >= 0.3 is 0 Å². The van der Waals surface area contributed by atoms with Gasteiger partial charge in [0, 0.05) is 17.3 Å². The normalized spacial score (nSPS) is 41.1. The molecule has 4 atom stereocenters. The van der Waals surface area contributed by atoms with Gasteiger partial charge in [-0.2, -0.15) is 0 Å². The van der Waals surface area contributed by atoms with Gasteiger partial charge in [-0.15, -0.1) is 0 Å². The lowest BCUT2D eigenvalue weighted by molar-refractivity contribution is 0.234. The fraction of sp³-hybridized carbons (Fsp3) is 0.938. The van der Waals surface area contributed by atoms with Gasteiger partial charge in [-0.05, 0) is 26.7 Å². The Morgan fingerprint density at radius 3 is 2.85 bits per heavy atom. The van der Waals surface area contributed by atoms with Crippen LogP contribution in [0.4, 0.5) is 0 Å². The summed E-state index contributed by atoms with van der Waals surface area (Å²) in [5.74, 6) is 0.864. The molecule has 0 spiro atoms. The van der Waals surface area contributed by atoms with E-state index in [0.717, 1.165) is 15.4 Å². The molecule has 3 aliphatic heterocycles. The predicted octanol–water partition coefficient (Wildman–Crippen LogP) is 4.89. The van der Waals surface area contributed by atoms with E-state index < -0.39 is 0 Å². The number of rotatable bonds is 2. The molecular formula is C16H27BNS2. The fourth-order valence-corrected chi connectivity index (χ4v) is 6.81. The molecule has 4 heteroatoms. The first-order chi connectivity index (χ1) is 9.54. The number of hydrogen-bond acceptors (Lipinski definition) is 2. The van der Waals surface area contributed by atoms with E-state index in [2.05, 4.69) is 33.0 Å². The number of thiocarbonyl (C=S) groups is 1. The summed E-state index contributed by atoms with van der Waals surface area (Å²) in [7, 11) is 2.71. The van der Waals surface area contributed by atoms with Crippen molar-refractivity contribution in [3.05, 3.63) is 0 Å². The minimum Gasteiger partial charge on any atom is -0.351 e. The first kappa shape index (κ1) is 15.2. The molecule has 1 nitrogen and oxygen atoms in total. The Labute approximate surface area is 134 Å². The molecule has 1 saturated carbocycles. The first-order valence-corrected chi connectivity index (χ1v) is 9.68. The van der Waals surface area contributed by atoms with Crippen molar-refractivity contribution in [1.29, 1.82) is 0 Å². The van der Waals surface area contributed by atoms with Gasteiger partial charge in [0.05, 0.1) is 0 Å². The summed E-state index contributed by atoms with van der Waals surface area (Å²) in [5, 5.41) is 1.36. The number of hydrogen-bond donors (Lipinski definition) is 0. The highest BCUT2D eigenvalue weighted by Gasteiger charge is 2.47. The molecule has 2 bridgehead atoms. The quantitative estimate of drug-likeness (QED) is 0.528. The highest BCUT2D eigenvalue weighted by Crippen LogP contribution is 2.58. The van der Waals surface area contributed by atoms with Crippen molar-refractivity contribution in [2.75, 3.05) is 0 Å². The van der Waals surface area contributed by atoms with Crippen molar-refractivity contribution in [3.8, 4) is 0 Å². The SMILES string of the molecule is CCC12[B]C(CC3SC(=S)N(C(C)C)C3CCCC1)C2. The summed E-state index contributed by atoms with van der Waals surface area (Å²) in [4.78, 5) is 2.54. The third-order valence-electron chi connectivity index (χ3n) is 5.73. The maximum absolute atomic E-state index is 5.66. The molecule has 3 heterocycles. The Hall–Kier alpha value is 0.305. The van der Waals surface area contributed by atoms with Gasteiger partial charge in [0.25, 0.3) is 0 Å². The molecule has 0 aromatic carbocycles. The summed E-state index contributed by atoms with van der Waals surface area (Å²) in [6, 6.07) is 1.27. The molecular weight excluding hydrogens is 281 g/mol. The van der Waals surface area contributed by atoms with E-state index in [-0.39, 0.29) is 0 Å². The van der Waals surface area contributed by atoms with E-state index in [1.54, 1.807) is 0 Å². The van der Waals surface area contributed by atoms with Crippen molar-refractivity contribution < 1.29 is 0 Å². The van der Waals surface area contributed by atoms with E-state index >= 15 is 0 Å². The highest BCUT2D eigenvalue weighted by atomic mass is 32.2. The monoisotopic (exact) mass is 308 g/mol. The van der Waals surface area contributed by atoms with Crippen LogP contribution < -0.4 is 0 Å². The van der Waals surface area contributed by atoms with E-state index in [1.165, 1.54) is 44.9 Å². The summed E-state index contributed by atoms with van der Waals surface area (Å²) in [6.45, 7) is 6.97. The summed E-state index contributed by atoms with van der Waals surface area (Å²) >= 11 is 7.66. The second-order valence-corrected chi connectivity index (χ2v) is 9.19. The largest absolute Gasteiger partial charge is 0.351 e. The zero-order valence-electron chi connectivity index (χ0n) is 13.1. The Morgan fingerprint density at radius 1 is 1.45 bits per heavy atom. The number of thioether (sulfide) groups is 1. The Morgan fingerprint density at radius 2 is 2.20 bits per heavy atom. The minimum absolute atomic E-state index is 0.563. The van der Waals surface area contributed by atoms with Crippen molar-refractivity contribution in [2.24, 2.45) is 0 Å². The third kappa shape index (κ3) is 2.67. The van der Waals surface area contributed by atoms with Crippen LogP contribution in [0.3, 0.4) is 0 Å². The second kappa shape index (κ2) is 5.83. The van der Waals surface area contributed by atoms with Gasteiger partial charge in [-0.1, -0.05) is 74.1 Å². The molecule has 0 amide bonds. The zero-order valence-corrected chi connectivity index (χ0v) is 14.7. The van der Waals surface area contributed by atoms with Crippen molar-refractivity contribution in [3.63, 3.8) is 0 Å². The standard InChI is InChI=1S/C16H27BNS2/c1-4-16-8-6-5-7-13-14(9-12(10-16)17-16)20-15(19)18(13)11(2)3/h11-14H,4-10H2,1-3H3. The van der Waals surface area contributed by atoms with Crippen LogP contribution in [0.5, 0.6) is 0 Å². The van der Waals surface area contributed by atoms with Gasteiger partial charge in [0.1, 0.15) is 11.6 Å². The van der Waals surface area contributed by atoms with Crippen LogP contribution >= 0.6 is 24.0 Å². The molecule has 4 rings (SSSR count). The summed E-state index contributed by atoms with van der Waals surface area (Å²) < 4.78 is 1.16. The topological polar surface area (TPSA) is 3.24 Å². The van der Waals surface area contributed by atoms with Crippen LogP contribution in [-0.4, -0.2) is 33.8 Å². The van der Waals surface area contributed by atoms with Crippen molar-refractivity contribution >= 4 is 35.6 Å². The van der Waals surface area contributed by atoms with Crippen LogP contribution in [0.25, 0.3) is 0 Å². The molecule has 3 saturated heterocycles. The molecule has 4 aliphatic rings. The smallest absolute Gasteiger partial charge is 0.137 e. The average molecular weight is 308 g/mol. The van der Waals surface area contributed by atoms with Crippen molar-refractivity contribution in [2.45, 2.75) is 94.2 Å².